The van der Waals surface area contributed by atoms with Crippen LogP contribution in [0.2, 0.25) is 0 Å². The van der Waals surface area contributed by atoms with E-state index < -0.39 is 10.8 Å². The van der Waals surface area contributed by atoms with E-state index in [2.05, 4.69) is 20.7 Å². The lowest BCUT2D eigenvalue weighted by molar-refractivity contribution is -0.384. The highest BCUT2D eigenvalue weighted by Crippen LogP contribution is 2.31. The van der Waals surface area contributed by atoms with Gasteiger partial charge in [0.25, 0.3) is 17.5 Å². The number of aromatic nitrogens is 4. The van der Waals surface area contributed by atoms with Gasteiger partial charge < -0.3 is 4.90 Å². The van der Waals surface area contributed by atoms with Crippen LogP contribution in [0.3, 0.4) is 0 Å². The number of carbonyl (C=O) groups is 1. The van der Waals surface area contributed by atoms with E-state index in [0.29, 0.717) is 12.2 Å². The minimum Gasteiger partial charge on any atom is -0.366 e. The second-order valence-corrected chi connectivity index (χ2v) is 5.82. The molecule has 1 aromatic heterocycles. The van der Waals surface area contributed by atoms with Gasteiger partial charge in [0.1, 0.15) is 5.69 Å². The molecule has 1 saturated heterocycles. The second kappa shape index (κ2) is 7.24. The highest BCUT2D eigenvalue weighted by atomic mass is 16.6. The molecule has 3 rings (SSSR count). The number of tetrazole rings is 1. The number of rotatable bonds is 6. The molecule has 1 aliphatic rings. The molecule has 0 unspecified atom stereocenters. The van der Waals surface area contributed by atoms with Gasteiger partial charge in [-0.15, -0.1) is 5.10 Å². The molecule has 0 atom stereocenters. The number of nitro groups is 1. The zero-order chi connectivity index (χ0) is 17.8. The van der Waals surface area contributed by atoms with E-state index in [1.807, 2.05) is 11.8 Å². The fraction of sp³-hybridized carbons (Fsp3) is 0.467. The van der Waals surface area contributed by atoms with Crippen LogP contribution in [0, 0.1) is 10.1 Å². The van der Waals surface area contributed by atoms with Crippen LogP contribution in [0.25, 0.3) is 0 Å². The summed E-state index contributed by atoms with van der Waals surface area (Å²) in [4.78, 5) is 26.6. The second-order valence-electron chi connectivity index (χ2n) is 5.82. The summed E-state index contributed by atoms with van der Waals surface area (Å²) in [6, 6.07) is 4.49. The van der Waals surface area contributed by atoms with Crippen molar-refractivity contribution in [2.45, 2.75) is 32.7 Å². The molecule has 0 radical (unpaired) electrons. The molecule has 2 heterocycles. The van der Waals surface area contributed by atoms with Crippen LogP contribution < -0.4 is 10.2 Å². The maximum Gasteiger partial charge on any atom is 0.293 e. The normalized spacial score (nSPS) is 13.9. The summed E-state index contributed by atoms with van der Waals surface area (Å²) >= 11 is 0. The molecule has 2 aromatic rings. The average molecular weight is 345 g/mol. The van der Waals surface area contributed by atoms with Crippen LogP contribution in [-0.4, -0.2) is 44.1 Å². The van der Waals surface area contributed by atoms with Crippen molar-refractivity contribution in [1.82, 2.24) is 20.2 Å². The van der Waals surface area contributed by atoms with Crippen molar-refractivity contribution in [2.75, 3.05) is 23.3 Å². The molecule has 1 fully saturated rings. The van der Waals surface area contributed by atoms with Crippen molar-refractivity contribution in [3.05, 3.63) is 33.9 Å². The van der Waals surface area contributed by atoms with Gasteiger partial charge in [0.2, 0.25) is 0 Å². The van der Waals surface area contributed by atoms with Gasteiger partial charge >= 0.3 is 0 Å². The Morgan fingerprint density at radius 1 is 1.36 bits per heavy atom. The number of nitrogens with one attached hydrogen (secondary N) is 1. The molecule has 0 aliphatic carbocycles. The molecular weight excluding hydrogens is 326 g/mol. The Balaban J connectivity index is 1.79. The van der Waals surface area contributed by atoms with Crippen LogP contribution in [-0.2, 0) is 6.54 Å². The Labute approximate surface area is 144 Å². The number of aryl methyl sites for hydroxylation is 1. The fourth-order valence-corrected chi connectivity index (χ4v) is 2.80. The minimum atomic E-state index is -0.507. The summed E-state index contributed by atoms with van der Waals surface area (Å²) < 4.78 is 0. The van der Waals surface area contributed by atoms with Crippen molar-refractivity contribution in [3.63, 3.8) is 0 Å². The molecule has 0 saturated carbocycles. The van der Waals surface area contributed by atoms with Gasteiger partial charge in [-0.25, -0.2) is 0 Å². The van der Waals surface area contributed by atoms with Gasteiger partial charge in [-0.1, -0.05) is 12.0 Å². The van der Waals surface area contributed by atoms with Crippen LogP contribution in [0.1, 0.15) is 36.5 Å². The maximum absolute atomic E-state index is 12.3. The van der Waals surface area contributed by atoms with E-state index in [1.165, 1.54) is 10.9 Å². The molecule has 25 heavy (non-hydrogen) atoms. The molecule has 10 nitrogen and oxygen atoms in total. The van der Waals surface area contributed by atoms with Crippen LogP contribution in [0.15, 0.2) is 18.2 Å². The lowest BCUT2D eigenvalue weighted by Crippen LogP contribution is -2.20. The third kappa shape index (κ3) is 3.73. The Morgan fingerprint density at radius 2 is 2.12 bits per heavy atom. The third-order valence-corrected chi connectivity index (χ3v) is 3.98. The number of nitrogens with zero attached hydrogens (tertiary/aromatic N) is 6. The van der Waals surface area contributed by atoms with Gasteiger partial charge in [-0.2, -0.15) is 4.80 Å². The summed E-state index contributed by atoms with van der Waals surface area (Å²) in [5.74, 6) is -0.433. The summed E-state index contributed by atoms with van der Waals surface area (Å²) in [5.41, 5.74) is 0.657. The Kier molecular flexibility index (Phi) is 4.87. The molecule has 1 aliphatic heterocycles. The first-order valence-electron chi connectivity index (χ1n) is 8.21. The molecular formula is C15H19N7O3. The van der Waals surface area contributed by atoms with E-state index >= 15 is 0 Å². The monoisotopic (exact) mass is 345 g/mol. The van der Waals surface area contributed by atoms with Crippen molar-refractivity contribution in [3.8, 4) is 0 Å². The van der Waals surface area contributed by atoms with Crippen molar-refractivity contribution in [2.24, 2.45) is 0 Å². The van der Waals surface area contributed by atoms with E-state index in [1.54, 1.807) is 12.1 Å². The first-order valence-corrected chi connectivity index (χ1v) is 8.21. The Hall–Kier alpha value is -3.04. The molecule has 0 bridgehead atoms. The fourth-order valence-electron chi connectivity index (χ4n) is 2.80. The van der Waals surface area contributed by atoms with E-state index in [9.17, 15) is 14.9 Å². The van der Waals surface area contributed by atoms with Gasteiger partial charge in [-0.3, -0.25) is 20.2 Å². The number of benzene rings is 1. The van der Waals surface area contributed by atoms with Crippen LogP contribution in [0.5, 0.6) is 0 Å². The molecule has 0 spiro atoms. The predicted molar refractivity (Wildman–Crippen MR) is 90.6 cm³/mol. The topological polar surface area (TPSA) is 119 Å². The van der Waals surface area contributed by atoms with E-state index in [-0.39, 0.29) is 17.2 Å². The molecule has 1 N–H and O–H groups in total. The number of carbonyl (C=O) groups excluding carboxylic acids is 1. The largest absolute Gasteiger partial charge is 0.366 e. The average Bonchev–Trinajstić information content (AvgIpc) is 3.26. The van der Waals surface area contributed by atoms with Gasteiger partial charge in [0.05, 0.1) is 11.5 Å². The highest BCUT2D eigenvalue weighted by molar-refractivity contribution is 6.04. The Bertz CT molecular complexity index is 783. The minimum absolute atomic E-state index is 0.0721. The van der Waals surface area contributed by atoms with Crippen LogP contribution in [0.4, 0.5) is 17.3 Å². The third-order valence-electron chi connectivity index (χ3n) is 3.98. The van der Waals surface area contributed by atoms with Gasteiger partial charge in [0.15, 0.2) is 0 Å². The van der Waals surface area contributed by atoms with Gasteiger partial charge in [0, 0.05) is 24.7 Å². The lowest BCUT2D eigenvalue weighted by atomic mass is 10.1. The lowest BCUT2D eigenvalue weighted by Gasteiger charge is -2.17. The number of nitro benzene ring substituents is 1. The maximum atomic E-state index is 12.3. The summed E-state index contributed by atoms with van der Waals surface area (Å²) in [5, 5.41) is 25.5. The van der Waals surface area contributed by atoms with Crippen LogP contribution >= 0.6 is 0 Å². The smallest absolute Gasteiger partial charge is 0.293 e. The number of anilines is 2. The first kappa shape index (κ1) is 16.8. The summed E-state index contributed by atoms with van der Waals surface area (Å²) in [7, 11) is 0. The van der Waals surface area contributed by atoms with Crippen molar-refractivity contribution < 1.29 is 9.72 Å². The highest BCUT2D eigenvalue weighted by Gasteiger charge is 2.24. The Morgan fingerprint density at radius 3 is 2.80 bits per heavy atom. The van der Waals surface area contributed by atoms with Crippen molar-refractivity contribution >= 4 is 23.2 Å². The zero-order valence-corrected chi connectivity index (χ0v) is 13.9. The molecule has 10 heteroatoms. The van der Waals surface area contributed by atoms with Crippen molar-refractivity contribution in [1.29, 1.82) is 0 Å². The zero-order valence-electron chi connectivity index (χ0n) is 13.9. The predicted octanol–water partition coefficient (Wildman–Crippen LogP) is 1.84. The summed E-state index contributed by atoms with van der Waals surface area (Å²) in [6.45, 7) is 4.15. The standard InChI is InChI=1S/C15H19N7O3/c1-2-7-21-18-15(17-19-21)16-14(23)11-5-6-12(13(10-11)22(24)25)20-8-3-4-9-20/h5-6,10H,2-4,7-9H2,1H3,(H,16,18,23). The van der Waals surface area contributed by atoms with E-state index in [0.717, 1.165) is 32.4 Å². The number of hydrogen-bond donors (Lipinski definition) is 1. The molecule has 1 aromatic carbocycles. The molecule has 132 valence electrons. The van der Waals surface area contributed by atoms with Gasteiger partial charge in [-0.05, 0) is 36.6 Å². The number of amides is 1. The number of hydrogen-bond acceptors (Lipinski definition) is 7. The quantitative estimate of drug-likeness (QED) is 0.626. The summed E-state index contributed by atoms with van der Waals surface area (Å²) in [6.07, 6.45) is 2.87. The van der Waals surface area contributed by atoms with E-state index in [4.69, 9.17) is 0 Å². The first-order chi connectivity index (χ1) is 12.1. The SMILES string of the molecule is CCCn1nnc(NC(=O)c2ccc(N3CCCC3)c([N+](=O)[O-])c2)n1. The molecule has 1 amide bonds.